The normalized spacial score (nSPS) is 10.9. The number of hydrogen-bond acceptors (Lipinski definition) is 35. The van der Waals surface area contributed by atoms with Crippen LogP contribution in [0.15, 0.2) is 145 Å². The number of nitrogens with two attached hydrogens (primary N) is 8. The van der Waals surface area contributed by atoms with Gasteiger partial charge in [-0.2, -0.15) is 0 Å². The molecule has 0 aromatic carbocycles. The fourth-order valence-electron chi connectivity index (χ4n) is 11.0. The molecule has 12 aromatic rings. The standard InChI is InChI=1S/C18H22N4O2.C15H20N4S2.C15H20N4S.C14H17N5O2.C14H17N5S2.C14H16N4O3/c1-11(2)14-9-21-13(6-7-18(4,5)23)8-15(14)24-16-10-20-12(3)22-17(16)19;1-5-20-14-6-12(11(7-18-14)9(2)3)21-13-8-17-10(4)19-15(13)16;1-5-11-6-13(12(7-18-11)9(2)3)20-14-8-17-10(4)19-15(14)16;2*1-7(2)9-5-18-10(14(16)20)4-11(9)21-12-6-17-8(3)19-13(12)15;1-7(2)9-5-17-10(14(19)20)4-11(9)21-12-6-16-8(3)18-13(12)15/h8-11,23H,1-5H3,(H2,19,20,22);6-9H,5H2,1-4H3,(H2,16,17,19);6-9H,5H2,1-4H3,(H2,16,17,19);2*4-7H,1-3H3,(H2,16,20)(H2,15,17,19);4-7H,1-3H3,(H,19,20)(H2,15,16,18). The molecule has 12 rings (SSSR count). The van der Waals surface area contributed by atoms with Crippen molar-refractivity contribution >= 4 is 111 Å². The lowest BCUT2D eigenvalue weighted by molar-refractivity contribution is 0.0689. The molecule has 0 atom stereocenters. The Morgan fingerprint density at radius 3 is 1.05 bits per heavy atom. The average molecular weight is 1830 g/mol. The number of primary amides is 1. The Balaban J connectivity index is 0.000000211. The second-order valence-electron chi connectivity index (χ2n) is 30.9. The van der Waals surface area contributed by atoms with Crippen LogP contribution in [0.25, 0.3) is 0 Å². The molecule has 674 valence electrons. The average Bonchev–Trinajstić information content (AvgIpc) is 0.835. The summed E-state index contributed by atoms with van der Waals surface area (Å²) in [4.78, 5) is 104. The van der Waals surface area contributed by atoms with Gasteiger partial charge in [0.2, 0.25) is 0 Å². The van der Waals surface area contributed by atoms with E-state index in [-0.39, 0.29) is 57.3 Å². The van der Waals surface area contributed by atoms with Crippen molar-refractivity contribution in [1.29, 1.82) is 0 Å². The van der Waals surface area contributed by atoms with E-state index in [9.17, 15) is 14.7 Å². The summed E-state index contributed by atoms with van der Waals surface area (Å²) < 4.78 is 17.4. The van der Waals surface area contributed by atoms with Crippen molar-refractivity contribution in [2.45, 2.75) is 234 Å². The number of pyridine rings is 6. The first-order valence-corrected chi connectivity index (χ1v) is 44.5. The van der Waals surface area contributed by atoms with E-state index in [1.165, 1.54) is 63.4 Å². The Hall–Kier alpha value is -12.7. The second-order valence-corrected chi connectivity index (χ2v) is 35.8. The van der Waals surface area contributed by atoms with Crippen LogP contribution in [0.3, 0.4) is 0 Å². The van der Waals surface area contributed by atoms with Crippen LogP contribution in [0.5, 0.6) is 34.5 Å². The smallest absolute Gasteiger partial charge is 0.354 e. The predicted molar refractivity (Wildman–Crippen MR) is 510 cm³/mol. The Bertz CT molecular complexity index is 5670. The Morgan fingerprint density at radius 1 is 0.391 bits per heavy atom. The number of hydrogen-bond donors (Lipinski definition) is 10. The number of rotatable bonds is 24. The number of nitrogen functional groups attached to an aromatic ring is 6. The van der Waals surface area contributed by atoms with Gasteiger partial charge in [0.25, 0.3) is 5.91 Å². The molecule has 18 N–H and O–H groups in total. The van der Waals surface area contributed by atoms with Crippen molar-refractivity contribution in [3.05, 3.63) is 208 Å². The SMILES string of the molecule is CCSc1cc(Sc2cnc(C)nc2N)c(C(C)C)cn1.CCc1cc(Sc2cnc(C)nc2N)c(C(C)C)cn1.Cc1ncc(Oc2cc(C#CC(C)(C)O)ncc2C(C)C)c(N)n1.Cc1ncc(Oc2cc(C(=O)O)ncc2C(C)C)c(N)n1.Cc1ncc(Oc2cc(C(N)=O)ncc2C(C)C)c(N)n1.Cc1ncc(Sc2cc(C(N)=S)ncc2C(C)C)c(N)n1. The number of thioether (sulfide) groups is 1. The summed E-state index contributed by atoms with van der Waals surface area (Å²) in [6.07, 6.45) is 21.3. The number of aliphatic hydroxyl groups is 1. The molecule has 0 unspecified atom stereocenters. The summed E-state index contributed by atoms with van der Waals surface area (Å²) in [6.45, 7) is 43.0. The van der Waals surface area contributed by atoms with Gasteiger partial charge in [0, 0.05) is 111 Å². The number of amides is 1. The molecule has 38 heteroatoms. The summed E-state index contributed by atoms with van der Waals surface area (Å²) in [5.41, 5.74) is 53.6. The molecular formula is C90H112N26O7S5. The molecule has 0 aliphatic carbocycles. The first kappa shape index (κ1) is 102. The fraction of sp³-hybridized carbons (Fsp3) is 0.344. The van der Waals surface area contributed by atoms with Crippen LogP contribution in [0.2, 0.25) is 0 Å². The zero-order valence-electron chi connectivity index (χ0n) is 75.9. The number of thiocarbonyl (C=S) groups is 1. The maximum atomic E-state index is 11.3. The second kappa shape index (κ2) is 47.8. The molecule has 12 aromatic heterocycles. The number of carbonyl (C=O) groups excluding carboxylic acids is 1. The fourth-order valence-corrected chi connectivity index (χ4v) is 15.0. The lowest BCUT2D eigenvalue weighted by Crippen LogP contribution is -2.14. The highest BCUT2D eigenvalue weighted by Crippen LogP contribution is 2.42. The first-order chi connectivity index (χ1) is 60.3. The lowest BCUT2D eigenvalue weighted by atomic mass is 10.0. The molecule has 33 nitrogen and oxygen atoms in total. The monoisotopic (exact) mass is 1830 g/mol. The van der Waals surface area contributed by atoms with Gasteiger partial charge in [-0.15, -0.1) is 11.8 Å². The third-order valence-corrected chi connectivity index (χ3v) is 22.1. The number of carboxylic acid groups (broad SMARTS) is 1. The van der Waals surface area contributed by atoms with Gasteiger partial charge in [-0.05, 0) is 144 Å². The maximum absolute atomic E-state index is 11.3. The summed E-state index contributed by atoms with van der Waals surface area (Å²) in [5.74, 6) is 14.9. The quantitative estimate of drug-likeness (QED) is 0.0153. The molecule has 0 bridgehead atoms. The van der Waals surface area contributed by atoms with E-state index in [2.05, 4.69) is 169 Å². The lowest BCUT2D eigenvalue weighted by Gasteiger charge is -2.14. The van der Waals surface area contributed by atoms with E-state index in [1.54, 1.807) is 113 Å². The van der Waals surface area contributed by atoms with Crippen LogP contribution in [0, 0.1) is 53.4 Å². The van der Waals surface area contributed by atoms with Crippen molar-refractivity contribution in [3.63, 3.8) is 0 Å². The van der Waals surface area contributed by atoms with Crippen molar-refractivity contribution in [2.75, 3.05) is 40.2 Å². The van der Waals surface area contributed by atoms with Gasteiger partial charge in [-0.1, -0.05) is 150 Å². The number of aromatic carboxylic acids is 1. The van der Waals surface area contributed by atoms with E-state index >= 15 is 0 Å². The van der Waals surface area contributed by atoms with Gasteiger partial charge < -0.3 is 70.3 Å². The number of carboxylic acids is 1. The molecular weight excluding hydrogens is 1720 g/mol. The van der Waals surface area contributed by atoms with E-state index in [4.69, 9.17) is 77.4 Å². The highest BCUT2D eigenvalue weighted by molar-refractivity contribution is 8.00. The minimum atomic E-state index is -1.12. The summed E-state index contributed by atoms with van der Waals surface area (Å²) in [5, 5.41) is 19.8. The number of ether oxygens (including phenoxy) is 3. The Labute approximate surface area is 769 Å². The van der Waals surface area contributed by atoms with Crippen molar-refractivity contribution in [1.82, 2.24) is 89.7 Å². The number of aryl methyl sites for hydroxylation is 7. The van der Waals surface area contributed by atoms with Gasteiger partial charge in [-0.3, -0.25) is 19.7 Å². The molecule has 0 aliphatic heterocycles. The number of nitrogens with zero attached hydrogens (tertiary/aromatic N) is 18. The van der Waals surface area contributed by atoms with Crippen LogP contribution < -0.4 is 60.1 Å². The summed E-state index contributed by atoms with van der Waals surface area (Å²) in [7, 11) is 0. The van der Waals surface area contributed by atoms with E-state index in [1.807, 2.05) is 87.0 Å². The van der Waals surface area contributed by atoms with Gasteiger partial charge >= 0.3 is 5.97 Å². The van der Waals surface area contributed by atoms with Crippen LogP contribution in [-0.4, -0.2) is 128 Å². The predicted octanol–water partition coefficient (Wildman–Crippen LogP) is 17.4. The zero-order valence-corrected chi connectivity index (χ0v) is 80.0. The van der Waals surface area contributed by atoms with Gasteiger partial charge in [0.15, 0.2) is 40.4 Å². The van der Waals surface area contributed by atoms with Crippen LogP contribution >= 0.6 is 59.3 Å². The van der Waals surface area contributed by atoms with Crippen molar-refractivity contribution in [2.24, 2.45) is 11.5 Å². The molecule has 0 saturated carbocycles. The molecule has 0 aliphatic rings. The third-order valence-electron chi connectivity index (χ3n) is 17.7. The Morgan fingerprint density at radius 2 is 0.711 bits per heavy atom. The van der Waals surface area contributed by atoms with Gasteiger partial charge in [-0.25, -0.2) is 79.6 Å². The molecule has 0 radical (unpaired) electrons. The zero-order chi connectivity index (χ0) is 94.7. The van der Waals surface area contributed by atoms with Crippen molar-refractivity contribution in [3.8, 4) is 46.3 Å². The van der Waals surface area contributed by atoms with E-state index in [0.29, 0.717) is 110 Å². The van der Waals surface area contributed by atoms with Crippen LogP contribution in [0.1, 0.15) is 253 Å². The molecule has 12 heterocycles. The molecule has 0 spiro atoms. The first-order valence-electron chi connectivity index (χ1n) is 40.6. The molecule has 1 amide bonds. The number of aromatic nitrogens is 18. The third kappa shape index (κ3) is 31.1. The summed E-state index contributed by atoms with van der Waals surface area (Å²) in [6, 6.07) is 10.8. The summed E-state index contributed by atoms with van der Waals surface area (Å²) >= 11 is 11.5. The van der Waals surface area contributed by atoms with Crippen LogP contribution in [0.4, 0.5) is 34.9 Å². The minimum absolute atomic E-state index is 0.0963. The topological polar surface area (TPSA) is 542 Å². The maximum Gasteiger partial charge on any atom is 0.354 e. The highest BCUT2D eigenvalue weighted by Gasteiger charge is 2.22. The highest BCUT2D eigenvalue weighted by atomic mass is 32.2. The Kier molecular flexibility index (Phi) is 38.2. The number of anilines is 6. The minimum Gasteiger partial charge on any atom is -0.477 e. The largest absolute Gasteiger partial charge is 0.477 e. The van der Waals surface area contributed by atoms with Gasteiger partial charge in [0.1, 0.15) is 91.6 Å². The van der Waals surface area contributed by atoms with Crippen molar-refractivity contribution < 1.29 is 34.0 Å². The van der Waals surface area contributed by atoms with E-state index in [0.717, 1.165) is 64.7 Å². The van der Waals surface area contributed by atoms with Crippen LogP contribution in [-0.2, 0) is 6.42 Å². The number of carbonyl (C=O) groups is 2. The molecule has 0 fully saturated rings. The van der Waals surface area contributed by atoms with Gasteiger partial charge in [0.05, 0.1) is 44.0 Å². The molecule has 128 heavy (non-hydrogen) atoms. The van der Waals surface area contributed by atoms with E-state index < -0.39 is 17.5 Å². The molecule has 0 saturated heterocycles.